The van der Waals surface area contributed by atoms with E-state index in [2.05, 4.69) is 0 Å². The first-order valence-electron chi connectivity index (χ1n) is 6.44. The molecule has 0 aromatic heterocycles. The number of aliphatic hydroxyl groups is 1. The van der Waals surface area contributed by atoms with E-state index in [9.17, 15) is 23.6 Å². The molecule has 1 aromatic carbocycles. The summed E-state index contributed by atoms with van der Waals surface area (Å²) in [6, 6.07) is 2.79. The Morgan fingerprint density at radius 2 is 2.14 bits per heavy atom. The van der Waals surface area contributed by atoms with Gasteiger partial charge in [-0.15, -0.1) is 0 Å². The zero-order valence-electron chi connectivity index (χ0n) is 11.1. The lowest BCUT2D eigenvalue weighted by Crippen LogP contribution is -2.45. The van der Waals surface area contributed by atoms with Crippen LogP contribution in [0.3, 0.4) is 0 Å². The van der Waals surface area contributed by atoms with Crippen LogP contribution in [0.25, 0.3) is 0 Å². The highest BCUT2D eigenvalue weighted by molar-refractivity contribution is 7.89. The first-order valence-corrected chi connectivity index (χ1v) is 8.26. The van der Waals surface area contributed by atoms with Crippen LogP contribution in [-0.2, 0) is 10.0 Å². The summed E-state index contributed by atoms with van der Waals surface area (Å²) in [5, 5.41) is 19.8. The molecule has 1 saturated heterocycles. The summed E-state index contributed by atoms with van der Waals surface area (Å²) in [7, 11) is -3.88. The predicted octanol–water partition coefficient (Wildman–Crippen LogP) is 1.78. The molecule has 0 bridgehead atoms. The van der Waals surface area contributed by atoms with Crippen LogP contribution in [0.5, 0.6) is 0 Å². The van der Waals surface area contributed by atoms with Crippen LogP contribution in [0.2, 0.25) is 5.02 Å². The first kappa shape index (κ1) is 16.2. The molecule has 1 unspecified atom stereocenters. The van der Waals surface area contributed by atoms with Crippen LogP contribution < -0.4 is 0 Å². The number of sulfonamides is 1. The van der Waals surface area contributed by atoms with Gasteiger partial charge in [0.15, 0.2) is 0 Å². The summed E-state index contributed by atoms with van der Waals surface area (Å²) in [5.74, 6) is 0. The van der Waals surface area contributed by atoms with E-state index in [1.54, 1.807) is 0 Å². The Kier molecular flexibility index (Phi) is 4.82. The van der Waals surface area contributed by atoms with Crippen molar-refractivity contribution in [2.24, 2.45) is 0 Å². The molecule has 9 heteroatoms. The number of non-ortho nitro benzene ring substituents is 1. The quantitative estimate of drug-likeness (QED) is 0.668. The SMILES string of the molecule is O=[N+]([O-])c1ccc(S(=O)(=O)N2CCCCC2CO)c(Cl)c1. The van der Waals surface area contributed by atoms with Gasteiger partial charge in [0.1, 0.15) is 4.90 Å². The van der Waals surface area contributed by atoms with Crippen molar-refractivity contribution in [1.82, 2.24) is 4.31 Å². The fraction of sp³-hybridized carbons (Fsp3) is 0.500. The van der Waals surface area contributed by atoms with Crippen molar-refractivity contribution in [2.45, 2.75) is 30.2 Å². The molecule has 1 N–H and O–H groups in total. The maximum Gasteiger partial charge on any atom is 0.271 e. The summed E-state index contributed by atoms with van der Waals surface area (Å²) >= 11 is 5.90. The van der Waals surface area contributed by atoms with Gasteiger partial charge in [-0.25, -0.2) is 8.42 Å². The summed E-state index contributed by atoms with van der Waals surface area (Å²) in [4.78, 5) is 9.86. The predicted molar refractivity (Wildman–Crippen MR) is 76.7 cm³/mol. The number of aliphatic hydroxyl groups excluding tert-OH is 1. The fourth-order valence-electron chi connectivity index (χ4n) is 2.41. The largest absolute Gasteiger partial charge is 0.395 e. The van der Waals surface area contributed by atoms with Gasteiger partial charge >= 0.3 is 0 Å². The molecular weight excluding hydrogens is 320 g/mol. The van der Waals surface area contributed by atoms with Crippen molar-refractivity contribution in [3.05, 3.63) is 33.3 Å². The third kappa shape index (κ3) is 3.18. The standard InChI is InChI=1S/C12H15ClN2O5S/c13-11-7-9(15(17)18)4-5-12(11)21(19,20)14-6-2-1-3-10(14)8-16/h4-5,7,10,16H,1-3,6,8H2. The maximum absolute atomic E-state index is 12.6. The Morgan fingerprint density at radius 1 is 1.43 bits per heavy atom. The second-order valence-electron chi connectivity index (χ2n) is 4.82. The molecule has 1 aliphatic heterocycles. The number of hydrogen-bond acceptors (Lipinski definition) is 5. The van der Waals surface area contributed by atoms with Gasteiger partial charge in [0.05, 0.1) is 16.6 Å². The molecule has 0 amide bonds. The highest BCUT2D eigenvalue weighted by Crippen LogP contribution is 2.31. The van der Waals surface area contributed by atoms with E-state index in [-0.39, 0.29) is 22.2 Å². The summed E-state index contributed by atoms with van der Waals surface area (Å²) in [5.41, 5.74) is -0.267. The van der Waals surface area contributed by atoms with Crippen molar-refractivity contribution >= 4 is 27.3 Å². The Morgan fingerprint density at radius 3 is 2.71 bits per heavy atom. The highest BCUT2D eigenvalue weighted by Gasteiger charge is 2.34. The highest BCUT2D eigenvalue weighted by atomic mass is 35.5. The van der Waals surface area contributed by atoms with E-state index in [4.69, 9.17) is 11.6 Å². The maximum atomic E-state index is 12.6. The molecule has 116 valence electrons. The molecule has 1 fully saturated rings. The third-order valence-electron chi connectivity index (χ3n) is 3.50. The van der Waals surface area contributed by atoms with Crippen LogP contribution in [-0.4, -0.2) is 41.9 Å². The molecule has 1 aromatic rings. The number of nitro benzene ring substituents is 1. The minimum Gasteiger partial charge on any atom is -0.395 e. The average Bonchev–Trinajstić information content (AvgIpc) is 2.46. The number of halogens is 1. The van der Waals surface area contributed by atoms with E-state index < -0.39 is 21.0 Å². The van der Waals surface area contributed by atoms with Crippen molar-refractivity contribution in [3.63, 3.8) is 0 Å². The monoisotopic (exact) mass is 334 g/mol. The average molecular weight is 335 g/mol. The normalized spacial score (nSPS) is 20.4. The van der Waals surface area contributed by atoms with Crippen molar-refractivity contribution < 1.29 is 18.4 Å². The van der Waals surface area contributed by atoms with Gasteiger partial charge in [-0.1, -0.05) is 18.0 Å². The Bertz CT molecular complexity index is 649. The van der Waals surface area contributed by atoms with Crippen molar-refractivity contribution in [2.75, 3.05) is 13.2 Å². The number of rotatable bonds is 4. The second-order valence-corrected chi connectivity index (χ2v) is 7.09. The van der Waals surface area contributed by atoms with Gasteiger partial charge in [0.2, 0.25) is 10.0 Å². The number of piperidine rings is 1. The lowest BCUT2D eigenvalue weighted by atomic mass is 10.1. The Hall–Kier alpha value is -1.22. The summed E-state index contributed by atoms with van der Waals surface area (Å²) in [6.07, 6.45) is 2.14. The summed E-state index contributed by atoms with van der Waals surface area (Å²) < 4.78 is 26.5. The molecule has 2 rings (SSSR count). The van der Waals surface area contributed by atoms with Crippen LogP contribution >= 0.6 is 11.6 Å². The minimum atomic E-state index is -3.88. The zero-order chi connectivity index (χ0) is 15.6. The van der Waals surface area contributed by atoms with Crippen LogP contribution in [0.1, 0.15) is 19.3 Å². The fourth-order valence-corrected chi connectivity index (χ4v) is 4.61. The number of benzene rings is 1. The van der Waals surface area contributed by atoms with Crippen LogP contribution in [0.4, 0.5) is 5.69 Å². The summed E-state index contributed by atoms with van der Waals surface area (Å²) in [6.45, 7) is 0.0463. The zero-order valence-corrected chi connectivity index (χ0v) is 12.7. The molecule has 0 aliphatic carbocycles. The minimum absolute atomic E-state index is 0.171. The smallest absolute Gasteiger partial charge is 0.271 e. The van der Waals surface area contributed by atoms with E-state index >= 15 is 0 Å². The van der Waals surface area contributed by atoms with E-state index in [1.165, 1.54) is 4.31 Å². The van der Waals surface area contributed by atoms with E-state index in [0.717, 1.165) is 24.6 Å². The molecule has 1 aliphatic rings. The van der Waals surface area contributed by atoms with Gasteiger partial charge in [-0.2, -0.15) is 4.31 Å². The van der Waals surface area contributed by atoms with Crippen molar-refractivity contribution in [3.8, 4) is 0 Å². The molecule has 0 spiro atoms. The molecule has 1 heterocycles. The number of nitro groups is 1. The van der Waals surface area contributed by atoms with Gasteiger partial charge in [0.25, 0.3) is 5.69 Å². The topological polar surface area (TPSA) is 101 Å². The molecule has 0 saturated carbocycles. The van der Waals surface area contributed by atoms with Gasteiger partial charge in [0, 0.05) is 24.7 Å². The van der Waals surface area contributed by atoms with Gasteiger partial charge in [-0.3, -0.25) is 10.1 Å². The van der Waals surface area contributed by atoms with Crippen LogP contribution in [0, 0.1) is 10.1 Å². The second kappa shape index (κ2) is 6.27. The van der Waals surface area contributed by atoms with Gasteiger partial charge < -0.3 is 5.11 Å². The first-order chi connectivity index (χ1) is 9.87. The van der Waals surface area contributed by atoms with Crippen LogP contribution in [0.15, 0.2) is 23.1 Å². The van der Waals surface area contributed by atoms with Crippen molar-refractivity contribution in [1.29, 1.82) is 0 Å². The lowest BCUT2D eigenvalue weighted by Gasteiger charge is -2.33. The van der Waals surface area contributed by atoms with E-state index in [1.807, 2.05) is 0 Å². The molecular formula is C12H15ClN2O5S. The van der Waals surface area contributed by atoms with E-state index in [0.29, 0.717) is 19.4 Å². The lowest BCUT2D eigenvalue weighted by molar-refractivity contribution is -0.384. The van der Waals surface area contributed by atoms with Gasteiger partial charge in [-0.05, 0) is 18.9 Å². The third-order valence-corrected chi connectivity index (χ3v) is 5.93. The Labute approximate surface area is 127 Å². The number of hydrogen-bond donors (Lipinski definition) is 1. The Balaban J connectivity index is 2.41. The molecule has 0 radical (unpaired) electrons. The molecule has 1 atom stereocenters. The molecule has 21 heavy (non-hydrogen) atoms. The number of nitrogens with zero attached hydrogens (tertiary/aromatic N) is 2. The molecule has 7 nitrogen and oxygen atoms in total.